The zero-order chi connectivity index (χ0) is 30.1. The van der Waals surface area contributed by atoms with Crippen molar-refractivity contribution < 1.29 is 28.2 Å². The van der Waals surface area contributed by atoms with Gasteiger partial charge in [-0.3, -0.25) is 19.3 Å². The molecule has 44 heavy (non-hydrogen) atoms. The van der Waals surface area contributed by atoms with Crippen molar-refractivity contribution in [1.82, 2.24) is 20.0 Å². The van der Waals surface area contributed by atoms with Gasteiger partial charge in [0, 0.05) is 69.3 Å². The molecule has 3 saturated heterocycles. The largest absolute Gasteiger partial charge is 0.379 e. The Bertz CT molecular complexity index is 1200. The van der Waals surface area contributed by atoms with Crippen LogP contribution < -0.4 is 11.1 Å². The lowest BCUT2D eigenvalue weighted by molar-refractivity contribution is -0.206. The number of fused-ring (bicyclic) bond motifs is 5. The van der Waals surface area contributed by atoms with Gasteiger partial charge in [-0.05, 0) is 50.4 Å². The van der Waals surface area contributed by atoms with Crippen LogP contribution in [-0.2, 0) is 23.9 Å². The van der Waals surface area contributed by atoms with E-state index in [0.717, 1.165) is 45.3 Å². The SMILES string of the molecule is N[C@H]1CCN(C(=O)C2=CN3C4CC5C(CC4OC4C(NCCN6CCOCC6)C(F)CC(C2=O)C43)C(=O)C2CCCCC25)C1. The van der Waals surface area contributed by atoms with Crippen LogP contribution in [-0.4, -0.2) is 127 Å². The van der Waals surface area contributed by atoms with Gasteiger partial charge in [-0.1, -0.05) is 12.8 Å². The van der Waals surface area contributed by atoms with Gasteiger partial charge in [-0.15, -0.1) is 0 Å². The van der Waals surface area contributed by atoms with Gasteiger partial charge in [0.15, 0.2) is 5.78 Å². The van der Waals surface area contributed by atoms with Crippen LogP contribution >= 0.6 is 0 Å². The van der Waals surface area contributed by atoms with Crippen molar-refractivity contribution in [2.45, 2.75) is 93.9 Å². The van der Waals surface area contributed by atoms with Crippen molar-refractivity contribution in [3.8, 4) is 0 Å². The van der Waals surface area contributed by atoms with E-state index in [0.29, 0.717) is 63.3 Å². The summed E-state index contributed by atoms with van der Waals surface area (Å²) in [6.45, 7) is 5.53. The maximum absolute atomic E-state index is 16.2. The Morgan fingerprint density at radius 1 is 1.00 bits per heavy atom. The Kier molecular flexibility index (Phi) is 7.84. The minimum Gasteiger partial charge on any atom is -0.379 e. The molecule has 0 aromatic heterocycles. The average molecular weight is 614 g/mol. The van der Waals surface area contributed by atoms with Crippen LogP contribution in [0.25, 0.3) is 0 Å². The topological polar surface area (TPSA) is 117 Å². The predicted octanol–water partition coefficient (Wildman–Crippen LogP) is 0.883. The number of alkyl halides is 1. The highest BCUT2D eigenvalue weighted by molar-refractivity contribution is 6.20. The number of nitrogens with one attached hydrogen (secondary N) is 1. The molecule has 3 N–H and O–H groups in total. The molecule has 242 valence electrons. The smallest absolute Gasteiger partial charge is 0.259 e. The molecule has 0 radical (unpaired) electrons. The summed E-state index contributed by atoms with van der Waals surface area (Å²) in [6.07, 6.45) is 6.43. The third-order valence-electron chi connectivity index (χ3n) is 12.6. The lowest BCUT2D eigenvalue weighted by Crippen LogP contribution is -2.73. The number of ether oxygens (including phenoxy) is 2. The van der Waals surface area contributed by atoms with Gasteiger partial charge >= 0.3 is 0 Å². The molecule has 0 spiro atoms. The molecular formula is C33H48FN5O5. The first-order valence-corrected chi connectivity index (χ1v) is 17.3. The van der Waals surface area contributed by atoms with Crippen molar-refractivity contribution >= 4 is 17.5 Å². The summed E-state index contributed by atoms with van der Waals surface area (Å²) in [6, 6.07) is -1.01. The van der Waals surface area contributed by atoms with Crippen LogP contribution in [0.4, 0.5) is 4.39 Å². The lowest BCUT2D eigenvalue weighted by atomic mass is 9.66. The Morgan fingerprint density at radius 2 is 1.82 bits per heavy atom. The first-order chi connectivity index (χ1) is 21.4. The van der Waals surface area contributed by atoms with Crippen LogP contribution in [0.3, 0.4) is 0 Å². The average Bonchev–Trinajstić information content (AvgIpc) is 3.59. The molecule has 4 heterocycles. The summed E-state index contributed by atoms with van der Waals surface area (Å²) >= 11 is 0. The highest BCUT2D eigenvalue weighted by Gasteiger charge is 2.62. The molecule has 8 rings (SSSR count). The summed E-state index contributed by atoms with van der Waals surface area (Å²) in [5, 5.41) is 3.50. The second-order valence-corrected chi connectivity index (χ2v) is 14.8. The normalized spacial score (nSPS) is 45.4. The predicted molar refractivity (Wildman–Crippen MR) is 159 cm³/mol. The molecule has 11 heteroatoms. The summed E-state index contributed by atoms with van der Waals surface area (Å²) in [7, 11) is 0. The monoisotopic (exact) mass is 613 g/mol. The van der Waals surface area contributed by atoms with Gasteiger partial charge in [0.1, 0.15) is 12.0 Å². The van der Waals surface area contributed by atoms with Crippen molar-refractivity contribution in [3.63, 3.8) is 0 Å². The Labute approximate surface area is 259 Å². The van der Waals surface area contributed by atoms with Gasteiger partial charge in [0.05, 0.1) is 49.1 Å². The van der Waals surface area contributed by atoms with Gasteiger partial charge in [0.2, 0.25) is 0 Å². The molecule has 4 aliphatic heterocycles. The number of halogens is 1. The number of morpholine rings is 2. The van der Waals surface area contributed by atoms with Crippen LogP contribution in [0.2, 0.25) is 0 Å². The minimum atomic E-state index is -1.28. The number of hydrogen-bond acceptors (Lipinski definition) is 9. The molecule has 10 nitrogen and oxygen atoms in total. The van der Waals surface area contributed by atoms with Crippen LogP contribution in [0, 0.1) is 29.6 Å². The maximum Gasteiger partial charge on any atom is 0.259 e. The zero-order valence-corrected chi connectivity index (χ0v) is 25.7. The first kappa shape index (κ1) is 29.5. The number of carbonyl (C=O) groups is 3. The molecule has 8 aliphatic rings. The number of likely N-dealkylation sites (tertiary alicyclic amines) is 1. The highest BCUT2D eigenvalue weighted by atomic mass is 19.1. The van der Waals surface area contributed by atoms with Crippen molar-refractivity contribution in [2.24, 2.45) is 35.3 Å². The Morgan fingerprint density at radius 3 is 2.61 bits per heavy atom. The number of hydrogen-bond donors (Lipinski definition) is 2. The minimum absolute atomic E-state index is 0.00298. The molecule has 11 unspecified atom stereocenters. The molecule has 12 atom stereocenters. The molecule has 4 saturated carbocycles. The maximum atomic E-state index is 16.2. The molecule has 4 aliphatic carbocycles. The van der Waals surface area contributed by atoms with E-state index in [1.807, 2.05) is 6.20 Å². The number of Topliss-reactive ketones (excluding diaryl/α,β-unsaturated/α-hetero) is 2. The van der Waals surface area contributed by atoms with Crippen LogP contribution in [0.15, 0.2) is 11.8 Å². The summed E-state index contributed by atoms with van der Waals surface area (Å²) in [5.74, 6) is 0.141. The fourth-order valence-electron chi connectivity index (χ4n) is 10.5. The fourth-order valence-corrected chi connectivity index (χ4v) is 10.5. The van der Waals surface area contributed by atoms with E-state index < -0.39 is 24.2 Å². The standard InChI is InChI=1S/C33H48FN5O5/c34-25-13-23-29-32(28(25)36-6-8-37-9-11-43-12-10-37)44-27-15-22-21(19-3-1-2-4-20(19)30(22)40)14-26(27)39(29)17-24(31(23)41)33(42)38-7-5-18(35)16-38/h17-23,25-29,32,36H,1-16,35H2/t18-,19?,20?,21?,22?,23?,25?,26?,27?,28?,29?,32?/m0/s1. The Balaban J connectivity index is 1.10. The van der Waals surface area contributed by atoms with Crippen LogP contribution in [0.5, 0.6) is 0 Å². The van der Waals surface area contributed by atoms with Gasteiger partial charge in [-0.25, -0.2) is 4.39 Å². The quantitative estimate of drug-likeness (QED) is 0.436. The molecule has 0 bridgehead atoms. The van der Waals surface area contributed by atoms with E-state index >= 15 is 4.39 Å². The molecule has 7 fully saturated rings. The number of rotatable bonds is 5. The summed E-state index contributed by atoms with van der Waals surface area (Å²) < 4.78 is 28.6. The van der Waals surface area contributed by atoms with E-state index in [-0.39, 0.29) is 59.7 Å². The highest BCUT2D eigenvalue weighted by Crippen LogP contribution is 2.56. The second kappa shape index (κ2) is 11.7. The van der Waals surface area contributed by atoms with Crippen molar-refractivity contribution in [3.05, 3.63) is 11.8 Å². The first-order valence-electron chi connectivity index (χ1n) is 17.3. The second-order valence-electron chi connectivity index (χ2n) is 14.8. The van der Waals surface area contributed by atoms with Crippen molar-refractivity contribution in [1.29, 1.82) is 0 Å². The van der Waals surface area contributed by atoms with Crippen molar-refractivity contribution in [2.75, 3.05) is 52.5 Å². The van der Waals surface area contributed by atoms with E-state index in [1.54, 1.807) is 4.90 Å². The lowest BCUT2D eigenvalue weighted by Gasteiger charge is -2.60. The van der Waals surface area contributed by atoms with E-state index in [4.69, 9.17) is 15.2 Å². The van der Waals surface area contributed by atoms with E-state index in [1.165, 1.54) is 6.42 Å². The fraction of sp³-hybridized carbons (Fsp3) is 0.848. The number of carbonyl (C=O) groups excluding carboxylic acids is 3. The third-order valence-corrected chi connectivity index (χ3v) is 12.6. The van der Waals surface area contributed by atoms with Gasteiger partial charge < -0.3 is 30.3 Å². The molecular weight excluding hydrogens is 565 g/mol. The van der Waals surface area contributed by atoms with E-state index in [9.17, 15) is 14.4 Å². The summed E-state index contributed by atoms with van der Waals surface area (Å²) in [5.41, 5.74) is 6.29. The zero-order valence-electron chi connectivity index (χ0n) is 25.7. The number of amides is 1. The number of nitrogens with zero attached hydrogens (tertiary/aromatic N) is 3. The number of nitrogens with two attached hydrogens (primary N) is 1. The molecule has 0 aromatic carbocycles. The molecule has 1 amide bonds. The van der Waals surface area contributed by atoms with Gasteiger partial charge in [-0.2, -0.15) is 0 Å². The third kappa shape index (κ3) is 4.87. The van der Waals surface area contributed by atoms with Gasteiger partial charge in [0.25, 0.3) is 5.91 Å². The molecule has 0 aromatic rings. The number of ketones is 2. The van der Waals surface area contributed by atoms with Crippen LogP contribution in [0.1, 0.15) is 51.4 Å². The van der Waals surface area contributed by atoms with E-state index in [2.05, 4.69) is 15.1 Å². The Hall–Kier alpha value is -1.92. The summed E-state index contributed by atoms with van der Waals surface area (Å²) in [4.78, 5) is 47.7.